The molecule has 2 heterocycles. The number of nitrogens with zero attached hydrogens (tertiary/aromatic N) is 2. The van der Waals surface area contributed by atoms with E-state index in [9.17, 15) is 0 Å². The number of nitrogens with one attached hydrogen (secondary N) is 1. The van der Waals surface area contributed by atoms with Gasteiger partial charge in [-0.2, -0.15) is 0 Å². The van der Waals surface area contributed by atoms with Crippen LogP contribution in [0.25, 0.3) is 21.5 Å². The van der Waals surface area contributed by atoms with Crippen LogP contribution in [-0.2, 0) is 0 Å². The third-order valence-corrected chi connectivity index (χ3v) is 4.46. The van der Waals surface area contributed by atoms with Gasteiger partial charge in [-0.3, -0.25) is 0 Å². The van der Waals surface area contributed by atoms with Crippen molar-refractivity contribution in [3.8, 4) is 11.5 Å². The number of benzene rings is 1. The number of hydrogen-bond donors (Lipinski definition) is 1. The minimum Gasteiger partial charge on any atom is -0.419 e. The summed E-state index contributed by atoms with van der Waals surface area (Å²) >= 11 is 1.70. The van der Waals surface area contributed by atoms with Crippen LogP contribution >= 0.6 is 11.3 Å². The van der Waals surface area contributed by atoms with Gasteiger partial charge in [0, 0.05) is 15.5 Å². The number of hydrogen-bond acceptors (Lipinski definition) is 5. The SMILES string of the molecule is CCCNC(CC)c1nnc(-c2csc3ccccc23)o1. The zero-order valence-corrected chi connectivity index (χ0v) is 13.1. The second kappa shape index (κ2) is 6.37. The smallest absolute Gasteiger partial charge is 0.249 e. The first-order chi connectivity index (χ1) is 10.3. The lowest BCUT2D eigenvalue weighted by atomic mass is 10.2. The maximum absolute atomic E-state index is 5.91. The fraction of sp³-hybridized carbons (Fsp3) is 0.375. The van der Waals surface area contributed by atoms with Crippen LogP contribution in [-0.4, -0.2) is 16.7 Å². The highest BCUT2D eigenvalue weighted by molar-refractivity contribution is 7.17. The minimum atomic E-state index is 0.135. The van der Waals surface area contributed by atoms with Crippen LogP contribution in [0.1, 0.15) is 38.6 Å². The summed E-state index contributed by atoms with van der Waals surface area (Å²) in [5.41, 5.74) is 1.03. The van der Waals surface area contributed by atoms with E-state index in [4.69, 9.17) is 4.42 Å². The lowest BCUT2D eigenvalue weighted by Gasteiger charge is -2.11. The molecule has 1 aromatic carbocycles. The van der Waals surface area contributed by atoms with E-state index < -0.39 is 0 Å². The standard InChI is InChI=1S/C16H19N3OS/c1-3-9-17-13(4-2)16-19-18-15(20-16)12-10-21-14-8-6-5-7-11(12)14/h5-8,10,13,17H,3-4,9H2,1-2H3. The monoisotopic (exact) mass is 301 g/mol. The molecule has 1 unspecified atom stereocenters. The molecule has 0 bridgehead atoms. The summed E-state index contributed by atoms with van der Waals surface area (Å²) in [6.45, 7) is 5.23. The Kier molecular flexibility index (Phi) is 4.31. The Morgan fingerprint density at radius 3 is 2.90 bits per heavy atom. The number of fused-ring (bicyclic) bond motifs is 1. The second-order valence-corrected chi connectivity index (χ2v) is 5.92. The number of aromatic nitrogens is 2. The van der Waals surface area contributed by atoms with Gasteiger partial charge in [-0.05, 0) is 25.5 Å². The Balaban J connectivity index is 1.90. The van der Waals surface area contributed by atoms with Crippen molar-refractivity contribution >= 4 is 21.4 Å². The van der Waals surface area contributed by atoms with Crippen LogP contribution in [0.2, 0.25) is 0 Å². The van der Waals surface area contributed by atoms with E-state index in [2.05, 4.69) is 46.9 Å². The highest BCUT2D eigenvalue weighted by Crippen LogP contribution is 2.33. The predicted molar refractivity (Wildman–Crippen MR) is 86.4 cm³/mol. The predicted octanol–water partition coefficient (Wildman–Crippen LogP) is 4.40. The van der Waals surface area contributed by atoms with E-state index in [1.807, 2.05) is 12.1 Å². The fourth-order valence-corrected chi connectivity index (χ4v) is 3.29. The molecule has 3 rings (SSSR count). The maximum atomic E-state index is 5.91. The maximum Gasteiger partial charge on any atom is 0.249 e. The Bertz CT molecular complexity index is 719. The van der Waals surface area contributed by atoms with Gasteiger partial charge in [-0.15, -0.1) is 21.5 Å². The van der Waals surface area contributed by atoms with E-state index in [-0.39, 0.29) is 6.04 Å². The van der Waals surface area contributed by atoms with Crippen molar-refractivity contribution in [2.75, 3.05) is 6.54 Å². The molecule has 0 spiro atoms. The normalized spacial score (nSPS) is 12.9. The van der Waals surface area contributed by atoms with E-state index >= 15 is 0 Å². The lowest BCUT2D eigenvalue weighted by Crippen LogP contribution is -2.21. The van der Waals surface area contributed by atoms with Crippen LogP contribution < -0.4 is 5.32 Å². The third-order valence-electron chi connectivity index (χ3n) is 3.50. The summed E-state index contributed by atoms with van der Waals surface area (Å²) in [7, 11) is 0. The number of thiophene rings is 1. The first-order valence-electron chi connectivity index (χ1n) is 7.36. The molecule has 4 nitrogen and oxygen atoms in total. The summed E-state index contributed by atoms with van der Waals surface area (Å²) in [4.78, 5) is 0. The largest absolute Gasteiger partial charge is 0.419 e. The molecule has 0 aliphatic carbocycles. The van der Waals surface area contributed by atoms with Gasteiger partial charge in [0.05, 0.1) is 11.6 Å². The minimum absolute atomic E-state index is 0.135. The Labute approximate surface area is 128 Å². The summed E-state index contributed by atoms with van der Waals surface area (Å²) in [6, 6.07) is 8.42. The molecule has 0 fully saturated rings. The van der Waals surface area contributed by atoms with Crippen molar-refractivity contribution in [1.29, 1.82) is 0 Å². The molecule has 5 heteroatoms. The molecule has 0 amide bonds. The molecule has 0 saturated carbocycles. The fourth-order valence-electron chi connectivity index (χ4n) is 2.35. The van der Waals surface area contributed by atoms with Gasteiger partial charge in [0.25, 0.3) is 0 Å². The molecule has 0 saturated heterocycles. The molecule has 1 atom stereocenters. The molecule has 3 aromatic rings. The van der Waals surface area contributed by atoms with Gasteiger partial charge in [-0.25, -0.2) is 0 Å². The van der Waals surface area contributed by atoms with Crippen molar-refractivity contribution in [2.45, 2.75) is 32.7 Å². The topological polar surface area (TPSA) is 51.0 Å². The molecular formula is C16H19N3OS. The third kappa shape index (κ3) is 2.84. The molecule has 1 N–H and O–H groups in total. The molecular weight excluding hydrogens is 282 g/mol. The first-order valence-corrected chi connectivity index (χ1v) is 8.24. The average Bonchev–Trinajstić information content (AvgIpc) is 3.14. The van der Waals surface area contributed by atoms with Gasteiger partial charge in [0.1, 0.15) is 0 Å². The van der Waals surface area contributed by atoms with E-state index in [0.29, 0.717) is 11.8 Å². The highest BCUT2D eigenvalue weighted by Gasteiger charge is 2.18. The molecule has 21 heavy (non-hydrogen) atoms. The van der Waals surface area contributed by atoms with Crippen LogP contribution in [0.3, 0.4) is 0 Å². The molecule has 0 radical (unpaired) electrons. The average molecular weight is 301 g/mol. The quantitative estimate of drug-likeness (QED) is 0.733. The molecule has 0 aliphatic rings. The summed E-state index contributed by atoms with van der Waals surface area (Å²) in [5, 5.41) is 15.2. The van der Waals surface area contributed by atoms with Crippen molar-refractivity contribution in [1.82, 2.24) is 15.5 Å². The summed E-state index contributed by atoms with van der Waals surface area (Å²) in [5.74, 6) is 1.29. The van der Waals surface area contributed by atoms with Crippen molar-refractivity contribution in [2.24, 2.45) is 0 Å². The second-order valence-electron chi connectivity index (χ2n) is 5.01. The van der Waals surface area contributed by atoms with E-state index in [1.165, 1.54) is 10.1 Å². The van der Waals surface area contributed by atoms with Crippen LogP contribution in [0.4, 0.5) is 0 Å². The van der Waals surface area contributed by atoms with Gasteiger partial charge in [-0.1, -0.05) is 32.0 Å². The highest BCUT2D eigenvalue weighted by atomic mass is 32.1. The van der Waals surface area contributed by atoms with Gasteiger partial charge in [0.15, 0.2) is 0 Å². The summed E-state index contributed by atoms with van der Waals surface area (Å²) in [6.07, 6.45) is 2.03. The van der Waals surface area contributed by atoms with E-state index in [1.54, 1.807) is 11.3 Å². The molecule has 110 valence electrons. The van der Waals surface area contributed by atoms with Crippen molar-refractivity contribution < 1.29 is 4.42 Å². The van der Waals surface area contributed by atoms with Crippen molar-refractivity contribution in [3.05, 3.63) is 35.5 Å². The first kappa shape index (κ1) is 14.2. The zero-order valence-electron chi connectivity index (χ0n) is 12.3. The Morgan fingerprint density at radius 1 is 1.24 bits per heavy atom. The summed E-state index contributed by atoms with van der Waals surface area (Å²) < 4.78 is 7.15. The lowest BCUT2D eigenvalue weighted by molar-refractivity contribution is 0.396. The van der Waals surface area contributed by atoms with Crippen LogP contribution in [0, 0.1) is 0 Å². The zero-order chi connectivity index (χ0) is 14.7. The van der Waals surface area contributed by atoms with Gasteiger partial charge >= 0.3 is 0 Å². The Hall–Kier alpha value is -1.72. The van der Waals surface area contributed by atoms with E-state index in [0.717, 1.165) is 24.9 Å². The molecule has 2 aromatic heterocycles. The molecule has 0 aliphatic heterocycles. The van der Waals surface area contributed by atoms with Crippen LogP contribution in [0.15, 0.2) is 34.1 Å². The van der Waals surface area contributed by atoms with Gasteiger partial charge < -0.3 is 9.73 Å². The van der Waals surface area contributed by atoms with Crippen LogP contribution in [0.5, 0.6) is 0 Å². The van der Waals surface area contributed by atoms with Gasteiger partial charge in [0.2, 0.25) is 11.8 Å². The Morgan fingerprint density at radius 2 is 2.10 bits per heavy atom. The van der Waals surface area contributed by atoms with Crippen molar-refractivity contribution in [3.63, 3.8) is 0 Å². The number of rotatable bonds is 6.